The highest BCUT2D eigenvalue weighted by Gasteiger charge is 2.27. The summed E-state index contributed by atoms with van der Waals surface area (Å²) in [5.41, 5.74) is 7.91. The Bertz CT molecular complexity index is 528. The number of aryl methyl sites for hydroxylation is 1. The molecule has 5 heteroatoms. The molecule has 0 aliphatic heterocycles. The van der Waals surface area contributed by atoms with E-state index < -0.39 is 0 Å². The van der Waals surface area contributed by atoms with Crippen molar-refractivity contribution < 1.29 is 4.79 Å². The van der Waals surface area contributed by atoms with Crippen LogP contribution in [0.4, 0.5) is 5.69 Å². The predicted molar refractivity (Wildman–Crippen MR) is 98.0 cm³/mol. The van der Waals surface area contributed by atoms with Crippen LogP contribution in [0, 0.1) is 12.8 Å². The Morgan fingerprint density at radius 2 is 2.00 bits per heavy atom. The molecule has 0 saturated heterocycles. The van der Waals surface area contributed by atoms with Crippen molar-refractivity contribution in [3.05, 3.63) is 23.8 Å². The van der Waals surface area contributed by atoms with Gasteiger partial charge in [0.15, 0.2) is 0 Å². The lowest BCUT2D eigenvalue weighted by molar-refractivity contribution is -0.119. The number of nitrogens with two attached hydrogens (primary N) is 1. The Kier molecular flexibility index (Phi) is 6.78. The number of halogens is 1. The minimum Gasteiger partial charge on any atom is -0.328 e. The molecule has 1 aromatic rings. The van der Waals surface area contributed by atoms with Crippen molar-refractivity contribution in [3.8, 4) is 0 Å². The molecule has 0 radical (unpaired) electrons. The third-order valence-electron chi connectivity index (χ3n) is 3.72. The van der Waals surface area contributed by atoms with E-state index in [0.717, 1.165) is 30.5 Å². The van der Waals surface area contributed by atoms with Crippen molar-refractivity contribution in [1.82, 2.24) is 0 Å². The van der Waals surface area contributed by atoms with Crippen LogP contribution in [0.3, 0.4) is 0 Å². The normalized spacial score (nSPS) is 21.3. The number of carbonyl (C=O) groups excluding carboxylic acids is 1. The fourth-order valence-corrected chi connectivity index (χ4v) is 3.76. The van der Waals surface area contributed by atoms with Crippen LogP contribution in [0.1, 0.15) is 45.6 Å². The van der Waals surface area contributed by atoms with E-state index in [1.165, 1.54) is 4.90 Å². The lowest BCUT2D eigenvalue weighted by Gasteiger charge is -2.19. The molecule has 0 spiro atoms. The quantitative estimate of drug-likeness (QED) is 0.802. The van der Waals surface area contributed by atoms with Crippen LogP contribution in [0.15, 0.2) is 23.1 Å². The van der Waals surface area contributed by atoms with E-state index in [4.69, 9.17) is 5.73 Å². The molecule has 3 N–H and O–H groups in total. The first kappa shape index (κ1) is 19.3. The first-order chi connectivity index (χ1) is 9.74. The zero-order chi connectivity index (χ0) is 15.6. The average Bonchev–Trinajstić information content (AvgIpc) is 2.77. The van der Waals surface area contributed by atoms with Crippen molar-refractivity contribution in [2.45, 2.75) is 62.6 Å². The predicted octanol–water partition coefficient (Wildman–Crippen LogP) is 4.37. The number of benzene rings is 1. The third-order valence-corrected chi connectivity index (χ3v) is 4.83. The highest BCUT2D eigenvalue weighted by molar-refractivity contribution is 8.00. The molecular weight excluding hydrogens is 316 g/mol. The van der Waals surface area contributed by atoms with Crippen molar-refractivity contribution >= 4 is 35.8 Å². The highest BCUT2D eigenvalue weighted by Crippen LogP contribution is 2.34. The highest BCUT2D eigenvalue weighted by atomic mass is 35.5. The number of carbonyl (C=O) groups is 1. The molecule has 2 rings (SSSR count). The van der Waals surface area contributed by atoms with E-state index in [0.29, 0.717) is 0 Å². The van der Waals surface area contributed by atoms with Gasteiger partial charge in [-0.1, -0.05) is 20.8 Å². The molecule has 0 heterocycles. The Morgan fingerprint density at radius 3 is 2.50 bits per heavy atom. The summed E-state index contributed by atoms with van der Waals surface area (Å²) in [5, 5.41) is 3.06. The molecule has 3 nitrogen and oxygen atoms in total. The molecule has 22 heavy (non-hydrogen) atoms. The van der Waals surface area contributed by atoms with Crippen LogP contribution in [-0.4, -0.2) is 16.7 Å². The summed E-state index contributed by atoms with van der Waals surface area (Å²) in [4.78, 5) is 13.5. The van der Waals surface area contributed by atoms with Crippen molar-refractivity contribution in [2.75, 3.05) is 5.32 Å². The minimum atomic E-state index is 0. The van der Waals surface area contributed by atoms with Gasteiger partial charge in [0.1, 0.15) is 0 Å². The van der Waals surface area contributed by atoms with Gasteiger partial charge in [-0.2, -0.15) is 0 Å². The largest absolute Gasteiger partial charge is 0.328 e. The summed E-state index contributed by atoms with van der Waals surface area (Å²) in [6, 6.07) is 6.42. The monoisotopic (exact) mass is 342 g/mol. The van der Waals surface area contributed by atoms with Gasteiger partial charge >= 0.3 is 0 Å². The maximum Gasteiger partial charge on any atom is 0.227 e. The van der Waals surface area contributed by atoms with Crippen molar-refractivity contribution in [2.24, 2.45) is 11.7 Å². The smallest absolute Gasteiger partial charge is 0.227 e. The maximum absolute atomic E-state index is 12.3. The van der Waals surface area contributed by atoms with Gasteiger partial charge in [-0.05, 0) is 49.9 Å². The topological polar surface area (TPSA) is 55.1 Å². The fraction of sp³-hybridized carbons (Fsp3) is 0.588. The first-order valence-electron chi connectivity index (χ1n) is 7.61. The lowest BCUT2D eigenvalue weighted by atomic mass is 10.1. The summed E-state index contributed by atoms with van der Waals surface area (Å²) in [6.07, 6.45) is 2.67. The molecule has 1 aliphatic rings. The molecule has 1 fully saturated rings. The fourth-order valence-electron chi connectivity index (χ4n) is 2.68. The van der Waals surface area contributed by atoms with E-state index in [2.05, 4.69) is 38.2 Å². The Labute approximate surface area is 144 Å². The van der Waals surface area contributed by atoms with Gasteiger partial charge in [-0.3, -0.25) is 4.79 Å². The molecule has 1 aliphatic carbocycles. The number of hydrogen-bond acceptors (Lipinski definition) is 3. The number of amides is 1. The second-order valence-corrected chi connectivity index (χ2v) is 8.85. The maximum atomic E-state index is 12.3. The van der Waals surface area contributed by atoms with Gasteiger partial charge in [-0.25, -0.2) is 0 Å². The molecular formula is C17H27ClN2OS. The van der Waals surface area contributed by atoms with Crippen molar-refractivity contribution in [3.63, 3.8) is 0 Å². The molecule has 1 saturated carbocycles. The van der Waals surface area contributed by atoms with Gasteiger partial charge < -0.3 is 11.1 Å². The summed E-state index contributed by atoms with van der Waals surface area (Å²) >= 11 is 1.84. The summed E-state index contributed by atoms with van der Waals surface area (Å²) < 4.78 is 0.192. The number of nitrogens with one attached hydrogen (secondary N) is 1. The molecule has 2 unspecified atom stereocenters. The van der Waals surface area contributed by atoms with Gasteiger partial charge in [0, 0.05) is 27.3 Å². The van der Waals surface area contributed by atoms with E-state index in [9.17, 15) is 4.79 Å². The van der Waals surface area contributed by atoms with E-state index in [1.54, 1.807) is 0 Å². The second-order valence-electron chi connectivity index (χ2n) is 6.95. The minimum absolute atomic E-state index is 0. The molecule has 1 aromatic carbocycles. The molecule has 124 valence electrons. The molecule has 0 aromatic heterocycles. The summed E-state index contributed by atoms with van der Waals surface area (Å²) in [6.45, 7) is 8.65. The lowest BCUT2D eigenvalue weighted by Crippen LogP contribution is -2.23. The summed E-state index contributed by atoms with van der Waals surface area (Å²) in [5.74, 6) is 0.185. The SMILES string of the molecule is Cc1cc(SC(C)(C)C)ccc1NC(=O)C1CCC(N)C1.Cl. The third kappa shape index (κ3) is 5.49. The van der Waals surface area contributed by atoms with Crippen LogP contribution in [-0.2, 0) is 4.79 Å². The van der Waals surface area contributed by atoms with Crippen LogP contribution >= 0.6 is 24.2 Å². The standard InChI is InChI=1S/C17H26N2OS.ClH/c1-11-9-14(21-17(2,3)4)7-8-15(11)19-16(20)12-5-6-13(18)10-12;/h7-9,12-13H,5-6,10,18H2,1-4H3,(H,19,20);1H. The number of rotatable bonds is 3. The number of hydrogen-bond donors (Lipinski definition) is 2. The van der Waals surface area contributed by atoms with Gasteiger partial charge in [-0.15, -0.1) is 24.2 Å². The molecule has 1 amide bonds. The van der Waals surface area contributed by atoms with E-state index in [-0.39, 0.29) is 35.0 Å². The van der Waals surface area contributed by atoms with E-state index >= 15 is 0 Å². The van der Waals surface area contributed by atoms with Gasteiger partial charge in [0.05, 0.1) is 0 Å². The number of anilines is 1. The second kappa shape index (κ2) is 7.71. The summed E-state index contributed by atoms with van der Waals surface area (Å²) in [7, 11) is 0. The zero-order valence-corrected chi connectivity index (χ0v) is 15.4. The Hall–Kier alpha value is -0.710. The molecule has 2 atom stereocenters. The van der Waals surface area contributed by atoms with Gasteiger partial charge in [0.2, 0.25) is 5.91 Å². The Balaban J connectivity index is 0.00000242. The number of thioether (sulfide) groups is 1. The van der Waals surface area contributed by atoms with Crippen LogP contribution in [0.2, 0.25) is 0 Å². The van der Waals surface area contributed by atoms with Crippen molar-refractivity contribution in [1.29, 1.82) is 0 Å². The van der Waals surface area contributed by atoms with Crippen LogP contribution in [0.5, 0.6) is 0 Å². The average molecular weight is 343 g/mol. The van der Waals surface area contributed by atoms with Gasteiger partial charge in [0.25, 0.3) is 0 Å². The zero-order valence-electron chi connectivity index (χ0n) is 13.8. The van der Waals surface area contributed by atoms with E-state index in [1.807, 2.05) is 24.8 Å². The molecule has 0 bridgehead atoms. The first-order valence-corrected chi connectivity index (χ1v) is 8.42. The Morgan fingerprint density at radius 1 is 1.32 bits per heavy atom. The van der Waals surface area contributed by atoms with Crippen LogP contribution in [0.25, 0.3) is 0 Å². The van der Waals surface area contributed by atoms with Crippen LogP contribution < -0.4 is 11.1 Å².